The zero-order valence-electron chi connectivity index (χ0n) is 7.41. The number of rotatable bonds is 5. The van der Waals surface area contributed by atoms with Gasteiger partial charge in [-0.1, -0.05) is 0 Å². The van der Waals surface area contributed by atoms with Crippen LogP contribution in [0.3, 0.4) is 0 Å². The number of nitrogens with one attached hydrogen (secondary N) is 1. The first-order chi connectivity index (χ1) is 5.42. The molecular weight excluding hydrogens is 169 g/mol. The lowest BCUT2D eigenvalue weighted by atomic mass is 10.4. The maximum Gasteiger partial charge on any atom is 0.401 e. The van der Waals surface area contributed by atoms with Crippen LogP contribution in [-0.4, -0.2) is 44.8 Å². The second-order valence-electron chi connectivity index (χ2n) is 2.95. The standard InChI is InChI=1S/C7H15F3N2/c1-12(2)5-3-4-11-6-7(8,9)10/h11H,3-6H2,1-2H3. The third-order valence-electron chi connectivity index (χ3n) is 1.28. The van der Waals surface area contributed by atoms with Gasteiger partial charge in [-0.15, -0.1) is 0 Å². The number of halogens is 3. The molecule has 0 aromatic rings. The summed E-state index contributed by atoms with van der Waals surface area (Å²) in [4.78, 5) is 1.94. The van der Waals surface area contributed by atoms with E-state index in [-0.39, 0.29) is 0 Å². The average Bonchev–Trinajstić information content (AvgIpc) is 1.83. The molecule has 0 aliphatic rings. The lowest BCUT2D eigenvalue weighted by molar-refractivity contribution is -0.124. The van der Waals surface area contributed by atoms with Crippen LogP contribution in [0.5, 0.6) is 0 Å². The summed E-state index contributed by atoms with van der Waals surface area (Å²) in [5, 5.41) is 2.33. The topological polar surface area (TPSA) is 15.3 Å². The lowest BCUT2D eigenvalue weighted by Crippen LogP contribution is -2.30. The van der Waals surface area contributed by atoms with Gasteiger partial charge >= 0.3 is 6.18 Å². The van der Waals surface area contributed by atoms with Gasteiger partial charge in [0.2, 0.25) is 0 Å². The Kier molecular flexibility index (Phi) is 5.24. The maximum atomic E-state index is 11.6. The molecule has 0 aromatic carbocycles. The van der Waals surface area contributed by atoms with Gasteiger partial charge in [-0.3, -0.25) is 0 Å². The molecule has 5 heteroatoms. The predicted octanol–water partition coefficient (Wildman–Crippen LogP) is 1.09. The van der Waals surface area contributed by atoms with Crippen molar-refractivity contribution in [3.8, 4) is 0 Å². The fraction of sp³-hybridized carbons (Fsp3) is 1.00. The minimum Gasteiger partial charge on any atom is -0.309 e. The van der Waals surface area contributed by atoms with Crippen LogP contribution in [0, 0.1) is 0 Å². The van der Waals surface area contributed by atoms with Crippen LogP contribution in [0.15, 0.2) is 0 Å². The Labute approximate surface area is 70.7 Å². The zero-order chi connectivity index (χ0) is 9.61. The molecule has 2 nitrogen and oxygen atoms in total. The minimum atomic E-state index is -4.09. The van der Waals surface area contributed by atoms with Gasteiger partial charge in [0.25, 0.3) is 0 Å². The van der Waals surface area contributed by atoms with Gasteiger partial charge < -0.3 is 10.2 Å². The van der Waals surface area contributed by atoms with E-state index in [9.17, 15) is 13.2 Å². The van der Waals surface area contributed by atoms with Gasteiger partial charge in [0.05, 0.1) is 6.54 Å². The predicted molar refractivity (Wildman–Crippen MR) is 42.1 cm³/mol. The molecule has 74 valence electrons. The first-order valence-corrected chi connectivity index (χ1v) is 3.84. The van der Waals surface area contributed by atoms with Crippen molar-refractivity contribution in [1.29, 1.82) is 0 Å². The van der Waals surface area contributed by atoms with E-state index in [4.69, 9.17) is 0 Å². The van der Waals surface area contributed by atoms with Crippen molar-refractivity contribution >= 4 is 0 Å². The molecule has 0 atom stereocenters. The first-order valence-electron chi connectivity index (χ1n) is 3.84. The SMILES string of the molecule is CN(C)CCCNCC(F)(F)F. The van der Waals surface area contributed by atoms with Gasteiger partial charge in [-0.2, -0.15) is 13.2 Å². The van der Waals surface area contributed by atoms with Crippen molar-refractivity contribution in [2.45, 2.75) is 12.6 Å². The van der Waals surface area contributed by atoms with E-state index in [0.29, 0.717) is 6.54 Å². The van der Waals surface area contributed by atoms with E-state index in [1.807, 2.05) is 19.0 Å². The van der Waals surface area contributed by atoms with Gasteiger partial charge in [0.1, 0.15) is 0 Å². The molecule has 0 aliphatic carbocycles. The molecule has 0 fully saturated rings. The highest BCUT2D eigenvalue weighted by molar-refractivity contribution is 4.56. The Morgan fingerprint density at radius 3 is 2.25 bits per heavy atom. The Morgan fingerprint density at radius 1 is 1.25 bits per heavy atom. The fourth-order valence-electron chi connectivity index (χ4n) is 0.750. The van der Waals surface area contributed by atoms with E-state index in [1.54, 1.807) is 0 Å². The van der Waals surface area contributed by atoms with E-state index in [2.05, 4.69) is 5.32 Å². The second-order valence-corrected chi connectivity index (χ2v) is 2.95. The highest BCUT2D eigenvalue weighted by Gasteiger charge is 2.25. The molecule has 0 aliphatic heterocycles. The number of alkyl halides is 3. The average molecular weight is 184 g/mol. The monoisotopic (exact) mass is 184 g/mol. The van der Waals surface area contributed by atoms with Crippen molar-refractivity contribution in [3.05, 3.63) is 0 Å². The van der Waals surface area contributed by atoms with Crippen LogP contribution in [0.4, 0.5) is 13.2 Å². The normalized spacial score (nSPS) is 12.5. The van der Waals surface area contributed by atoms with Crippen LogP contribution in [0.2, 0.25) is 0 Å². The van der Waals surface area contributed by atoms with Crippen molar-refractivity contribution in [2.24, 2.45) is 0 Å². The summed E-state index contributed by atoms with van der Waals surface area (Å²) < 4.78 is 34.7. The molecule has 0 amide bonds. The molecule has 0 aromatic heterocycles. The van der Waals surface area contributed by atoms with Crippen LogP contribution >= 0.6 is 0 Å². The summed E-state index contributed by atoms with van der Waals surface area (Å²) in [5.74, 6) is 0. The molecule has 12 heavy (non-hydrogen) atoms. The highest BCUT2D eigenvalue weighted by atomic mass is 19.4. The van der Waals surface area contributed by atoms with Crippen LogP contribution in [-0.2, 0) is 0 Å². The summed E-state index contributed by atoms with van der Waals surface area (Å²) in [5.41, 5.74) is 0. The Hall–Kier alpha value is -0.290. The maximum absolute atomic E-state index is 11.6. The summed E-state index contributed by atoms with van der Waals surface area (Å²) in [6, 6.07) is 0. The van der Waals surface area contributed by atoms with Crippen LogP contribution in [0.25, 0.3) is 0 Å². The third-order valence-corrected chi connectivity index (χ3v) is 1.28. The molecule has 0 saturated carbocycles. The van der Waals surface area contributed by atoms with Crippen molar-refractivity contribution in [3.63, 3.8) is 0 Å². The van der Waals surface area contributed by atoms with Crippen LogP contribution < -0.4 is 5.32 Å². The summed E-state index contributed by atoms with van der Waals surface area (Å²) in [6.07, 6.45) is -3.35. The molecule has 0 unspecified atom stereocenters. The minimum absolute atomic E-state index is 0.414. The molecule has 0 spiro atoms. The molecular formula is C7H15F3N2. The Bertz CT molecular complexity index is 112. The van der Waals surface area contributed by atoms with E-state index >= 15 is 0 Å². The largest absolute Gasteiger partial charge is 0.401 e. The van der Waals surface area contributed by atoms with Crippen molar-refractivity contribution < 1.29 is 13.2 Å². The van der Waals surface area contributed by atoms with E-state index in [1.165, 1.54) is 0 Å². The zero-order valence-corrected chi connectivity index (χ0v) is 7.41. The van der Waals surface area contributed by atoms with Crippen LogP contribution in [0.1, 0.15) is 6.42 Å². The molecule has 0 rings (SSSR count). The quantitative estimate of drug-likeness (QED) is 0.643. The highest BCUT2D eigenvalue weighted by Crippen LogP contribution is 2.11. The number of hydrogen-bond acceptors (Lipinski definition) is 2. The second kappa shape index (κ2) is 5.37. The molecule has 1 N–H and O–H groups in total. The summed E-state index contributed by atoms with van der Waals surface area (Å²) in [7, 11) is 3.79. The number of nitrogens with zero attached hydrogens (tertiary/aromatic N) is 1. The molecule has 0 radical (unpaired) electrons. The third kappa shape index (κ3) is 9.71. The lowest BCUT2D eigenvalue weighted by Gasteiger charge is -2.10. The number of hydrogen-bond donors (Lipinski definition) is 1. The van der Waals surface area contributed by atoms with Gasteiger partial charge in [0, 0.05) is 0 Å². The van der Waals surface area contributed by atoms with Gasteiger partial charge in [-0.05, 0) is 33.6 Å². The Morgan fingerprint density at radius 2 is 1.83 bits per heavy atom. The summed E-state index contributed by atoms with van der Waals surface area (Å²) in [6.45, 7) is 0.336. The molecule has 0 bridgehead atoms. The van der Waals surface area contributed by atoms with E-state index in [0.717, 1.165) is 13.0 Å². The van der Waals surface area contributed by atoms with E-state index < -0.39 is 12.7 Å². The van der Waals surface area contributed by atoms with Crippen molar-refractivity contribution in [2.75, 3.05) is 33.7 Å². The fourth-order valence-corrected chi connectivity index (χ4v) is 0.750. The molecule has 0 saturated heterocycles. The molecule has 0 heterocycles. The Balaban J connectivity index is 3.12. The van der Waals surface area contributed by atoms with Crippen molar-refractivity contribution in [1.82, 2.24) is 10.2 Å². The van der Waals surface area contributed by atoms with Gasteiger partial charge in [-0.25, -0.2) is 0 Å². The van der Waals surface area contributed by atoms with Gasteiger partial charge in [0.15, 0.2) is 0 Å². The first kappa shape index (κ1) is 11.7. The smallest absolute Gasteiger partial charge is 0.309 e. The summed E-state index contributed by atoms with van der Waals surface area (Å²) >= 11 is 0.